The zero-order valence-electron chi connectivity index (χ0n) is 22.2. The Hall–Kier alpha value is -3.09. The van der Waals surface area contributed by atoms with E-state index in [9.17, 15) is 15.2 Å². The zero-order valence-corrected chi connectivity index (χ0v) is 22.2. The number of methoxy groups -OCH3 is 2. The first kappa shape index (κ1) is 27.5. The Morgan fingerprint density at radius 2 is 1.58 bits per heavy atom. The largest absolute Gasteiger partial charge is 0.502 e. The third-order valence-electron chi connectivity index (χ3n) is 7.12. The number of hydrogen-bond acceptors (Lipinski definition) is 5. The van der Waals surface area contributed by atoms with Crippen LogP contribution in [0.1, 0.15) is 89.2 Å². The lowest BCUT2D eigenvalue weighted by Gasteiger charge is -2.24. The lowest BCUT2D eigenvalue weighted by Crippen LogP contribution is -2.34. The molecular weight excluding hydrogens is 456 g/mol. The molecule has 7 heteroatoms. The van der Waals surface area contributed by atoms with Gasteiger partial charge in [-0.3, -0.25) is 10.1 Å². The van der Waals surface area contributed by atoms with Crippen LogP contribution < -0.4 is 9.47 Å². The van der Waals surface area contributed by atoms with E-state index in [1.807, 2.05) is 6.07 Å². The molecule has 0 saturated heterocycles. The molecule has 1 heterocycles. The highest BCUT2D eigenvalue weighted by Gasteiger charge is 2.35. The number of fused-ring (bicyclic) bond motifs is 1. The molecule has 3 rings (SSSR count). The van der Waals surface area contributed by atoms with Gasteiger partial charge in [-0.1, -0.05) is 58.3 Å². The summed E-state index contributed by atoms with van der Waals surface area (Å²) in [4.78, 5) is 11.0. The third-order valence-corrected chi connectivity index (χ3v) is 7.12. The van der Waals surface area contributed by atoms with Crippen molar-refractivity contribution < 1.29 is 24.1 Å². The van der Waals surface area contributed by atoms with Gasteiger partial charge in [-0.2, -0.15) is 4.58 Å². The number of benzene rings is 2. The summed E-state index contributed by atoms with van der Waals surface area (Å²) in [6.07, 6.45) is 12.9. The SMILES string of the molecule is CCCCCCCCCCCC1=[N+](c2ccc(O)c([N+](=O)[O-])c2)C(C)Cc2cc(OC)c(OC)cc21. The van der Waals surface area contributed by atoms with E-state index in [-0.39, 0.29) is 17.5 Å². The van der Waals surface area contributed by atoms with Gasteiger partial charge in [0.2, 0.25) is 5.69 Å². The van der Waals surface area contributed by atoms with Crippen molar-refractivity contribution in [2.24, 2.45) is 0 Å². The average Bonchev–Trinajstić information content (AvgIpc) is 2.87. The molecule has 0 saturated carbocycles. The number of phenolic OH excluding ortho intramolecular Hbond substituents is 1. The summed E-state index contributed by atoms with van der Waals surface area (Å²) in [6, 6.07) is 8.84. The second-order valence-corrected chi connectivity index (χ2v) is 9.74. The van der Waals surface area contributed by atoms with Crippen LogP contribution in [0.3, 0.4) is 0 Å². The molecule has 0 radical (unpaired) electrons. The van der Waals surface area contributed by atoms with Gasteiger partial charge in [0, 0.05) is 24.5 Å². The normalized spacial score (nSPS) is 15.1. The van der Waals surface area contributed by atoms with Crippen LogP contribution in [0.15, 0.2) is 30.3 Å². The predicted molar refractivity (Wildman–Crippen MR) is 143 cm³/mol. The lowest BCUT2D eigenvalue weighted by atomic mass is 9.89. The first-order chi connectivity index (χ1) is 17.4. The minimum absolute atomic E-state index is 0.0910. The molecule has 1 aliphatic heterocycles. The van der Waals surface area contributed by atoms with E-state index in [0.717, 1.165) is 42.6 Å². The number of nitro groups is 1. The quantitative estimate of drug-likeness (QED) is 0.128. The molecule has 196 valence electrons. The van der Waals surface area contributed by atoms with Crippen molar-refractivity contribution in [1.82, 2.24) is 0 Å². The van der Waals surface area contributed by atoms with Crippen LogP contribution in [-0.4, -0.2) is 40.6 Å². The van der Waals surface area contributed by atoms with Crippen LogP contribution in [0.2, 0.25) is 0 Å². The van der Waals surface area contributed by atoms with Gasteiger partial charge in [-0.25, -0.2) is 0 Å². The van der Waals surface area contributed by atoms with Gasteiger partial charge in [0.15, 0.2) is 29.0 Å². The Labute approximate surface area is 214 Å². The monoisotopic (exact) mass is 497 g/mol. The van der Waals surface area contributed by atoms with Crippen molar-refractivity contribution in [2.45, 2.75) is 90.5 Å². The molecule has 1 atom stereocenters. The van der Waals surface area contributed by atoms with Crippen LogP contribution in [0.5, 0.6) is 17.2 Å². The lowest BCUT2D eigenvalue weighted by molar-refractivity contribution is -0.483. The van der Waals surface area contributed by atoms with Gasteiger partial charge in [0.1, 0.15) is 0 Å². The second-order valence-electron chi connectivity index (χ2n) is 9.74. The average molecular weight is 498 g/mol. The van der Waals surface area contributed by atoms with Gasteiger partial charge in [-0.15, -0.1) is 0 Å². The summed E-state index contributed by atoms with van der Waals surface area (Å²) < 4.78 is 13.4. The van der Waals surface area contributed by atoms with Crippen molar-refractivity contribution in [3.63, 3.8) is 0 Å². The molecule has 1 aliphatic rings. The zero-order chi connectivity index (χ0) is 26.1. The van der Waals surface area contributed by atoms with Crippen LogP contribution in [0.4, 0.5) is 11.4 Å². The molecule has 1 unspecified atom stereocenters. The summed E-state index contributed by atoms with van der Waals surface area (Å²) in [5.41, 5.74) is 3.86. The molecule has 0 aliphatic carbocycles. The predicted octanol–water partition coefficient (Wildman–Crippen LogP) is 7.32. The van der Waals surface area contributed by atoms with Gasteiger partial charge in [0.25, 0.3) is 0 Å². The molecular formula is C29H41N2O5+. The number of nitrogens with zero attached hydrogens (tertiary/aromatic N) is 2. The number of ether oxygens (including phenoxy) is 2. The maximum Gasteiger partial charge on any atom is 0.317 e. The maximum absolute atomic E-state index is 11.5. The Morgan fingerprint density at radius 1 is 0.972 bits per heavy atom. The summed E-state index contributed by atoms with van der Waals surface area (Å²) in [6.45, 7) is 4.38. The Kier molecular flexibility index (Phi) is 10.1. The summed E-state index contributed by atoms with van der Waals surface area (Å²) in [5.74, 6) is 1.06. The van der Waals surface area contributed by atoms with Crippen LogP contribution in [-0.2, 0) is 6.42 Å². The van der Waals surface area contributed by atoms with Crippen molar-refractivity contribution >= 4 is 17.1 Å². The van der Waals surface area contributed by atoms with Crippen molar-refractivity contribution in [3.8, 4) is 17.2 Å². The summed E-state index contributed by atoms with van der Waals surface area (Å²) in [7, 11) is 3.28. The highest BCUT2D eigenvalue weighted by atomic mass is 16.6. The standard InChI is InChI=1S/C29H40N2O5/c1-5-6-7-8-9-10-11-12-13-14-25-24-20-29(36-4)28(35-3)18-22(24)17-21(2)30(25)23-15-16-27(32)26(19-23)31(33)34/h15-16,18-21H,5-14,17H2,1-4H3/p+1. The fourth-order valence-electron chi connectivity index (χ4n) is 5.24. The van der Waals surface area contributed by atoms with Crippen LogP contribution >= 0.6 is 0 Å². The topological polar surface area (TPSA) is 84.8 Å². The number of aromatic hydroxyl groups is 1. The molecule has 7 nitrogen and oxygen atoms in total. The van der Waals surface area contributed by atoms with Gasteiger partial charge in [-0.05, 0) is 37.1 Å². The molecule has 36 heavy (non-hydrogen) atoms. The second kappa shape index (κ2) is 13.3. The molecule has 0 fully saturated rings. The summed E-state index contributed by atoms with van der Waals surface area (Å²) >= 11 is 0. The van der Waals surface area contributed by atoms with E-state index in [2.05, 4.69) is 24.5 Å². The van der Waals surface area contributed by atoms with Gasteiger partial charge < -0.3 is 14.6 Å². The Bertz CT molecular complexity index is 1080. The van der Waals surface area contributed by atoms with Crippen molar-refractivity contribution in [1.29, 1.82) is 0 Å². The van der Waals surface area contributed by atoms with E-state index < -0.39 is 4.92 Å². The Balaban J connectivity index is 1.91. The van der Waals surface area contributed by atoms with E-state index in [0.29, 0.717) is 11.5 Å². The van der Waals surface area contributed by atoms with Crippen LogP contribution in [0, 0.1) is 10.1 Å². The molecule has 2 aromatic rings. The third kappa shape index (κ3) is 6.56. The minimum Gasteiger partial charge on any atom is -0.502 e. The molecule has 0 aromatic heterocycles. The maximum atomic E-state index is 11.5. The van der Waals surface area contributed by atoms with E-state index >= 15 is 0 Å². The van der Waals surface area contributed by atoms with E-state index in [4.69, 9.17) is 9.47 Å². The van der Waals surface area contributed by atoms with E-state index in [1.165, 1.54) is 62.6 Å². The summed E-state index contributed by atoms with van der Waals surface area (Å²) in [5, 5.41) is 21.5. The molecule has 0 amide bonds. The van der Waals surface area contributed by atoms with Gasteiger partial charge >= 0.3 is 5.69 Å². The fraction of sp³-hybridized carbons (Fsp3) is 0.552. The van der Waals surface area contributed by atoms with Crippen molar-refractivity contribution in [2.75, 3.05) is 14.2 Å². The highest BCUT2D eigenvalue weighted by Crippen LogP contribution is 2.37. The molecule has 0 bridgehead atoms. The Morgan fingerprint density at radius 3 is 2.19 bits per heavy atom. The first-order valence-corrected chi connectivity index (χ1v) is 13.3. The number of unbranched alkanes of at least 4 members (excludes halogenated alkanes) is 8. The molecule has 0 spiro atoms. The highest BCUT2D eigenvalue weighted by molar-refractivity contribution is 6.00. The minimum atomic E-state index is -0.532. The van der Waals surface area contributed by atoms with E-state index in [1.54, 1.807) is 20.3 Å². The molecule has 2 aromatic carbocycles. The van der Waals surface area contributed by atoms with Gasteiger partial charge in [0.05, 0.1) is 25.2 Å². The number of nitro benzene ring substituents is 1. The molecule has 1 N–H and O–H groups in total. The van der Waals surface area contributed by atoms with Crippen LogP contribution in [0.25, 0.3) is 0 Å². The van der Waals surface area contributed by atoms with Crippen molar-refractivity contribution in [3.05, 3.63) is 51.6 Å². The first-order valence-electron chi connectivity index (χ1n) is 13.3. The fourth-order valence-corrected chi connectivity index (χ4v) is 5.24. The smallest absolute Gasteiger partial charge is 0.317 e. The number of phenols is 1. The number of hydrogen-bond donors (Lipinski definition) is 1. The number of rotatable bonds is 14.